The van der Waals surface area contributed by atoms with Gasteiger partial charge in [-0.15, -0.1) is 0 Å². The fraction of sp³-hybridized carbons (Fsp3) is 0.211. The third-order valence-electron chi connectivity index (χ3n) is 3.62. The number of ether oxygens (including phenoxy) is 1. The molecule has 2 aromatic carbocycles. The number of amides is 1. The molecule has 0 aliphatic rings. The van der Waals surface area contributed by atoms with Crippen molar-refractivity contribution in [3.8, 4) is 0 Å². The molecule has 6 nitrogen and oxygen atoms in total. The van der Waals surface area contributed by atoms with Gasteiger partial charge in [0.05, 0.1) is 7.11 Å². The van der Waals surface area contributed by atoms with Gasteiger partial charge in [0.1, 0.15) is 18.1 Å². The Morgan fingerprint density at radius 3 is 2.58 bits per heavy atom. The Kier molecular flexibility index (Phi) is 6.84. The quantitative estimate of drug-likeness (QED) is 0.466. The molecule has 1 atom stereocenters. The molecule has 0 saturated heterocycles. The maximum atomic E-state index is 12.9. The minimum atomic E-state index is -0.531. The van der Waals surface area contributed by atoms with Crippen LogP contribution in [0.2, 0.25) is 0 Å². The van der Waals surface area contributed by atoms with Gasteiger partial charge in [0.15, 0.2) is 0 Å². The first-order valence-corrected chi connectivity index (χ1v) is 7.90. The molecule has 0 fully saturated rings. The van der Waals surface area contributed by atoms with E-state index >= 15 is 0 Å². The first-order valence-electron chi connectivity index (χ1n) is 7.90. The van der Waals surface area contributed by atoms with E-state index < -0.39 is 23.8 Å². The highest BCUT2D eigenvalue weighted by atomic mass is 19.1. The monoisotopic (exact) mass is 358 g/mol. The Morgan fingerprint density at radius 2 is 1.88 bits per heavy atom. The normalized spacial score (nSPS) is 11.8. The number of methoxy groups -OCH3 is 1. The Labute approximate surface area is 150 Å². The smallest absolute Gasteiger partial charge is 0.407 e. The van der Waals surface area contributed by atoms with Crippen molar-refractivity contribution >= 4 is 18.1 Å². The van der Waals surface area contributed by atoms with Crippen LogP contribution in [0.25, 0.3) is 0 Å². The maximum absolute atomic E-state index is 12.9. The van der Waals surface area contributed by atoms with Crippen LogP contribution in [0, 0.1) is 5.82 Å². The van der Waals surface area contributed by atoms with E-state index in [1.807, 2.05) is 24.3 Å². The number of halogens is 1. The van der Waals surface area contributed by atoms with Crippen LogP contribution in [0.4, 0.5) is 9.18 Å². The number of nitrogens with zero attached hydrogens (tertiary/aromatic N) is 1. The fourth-order valence-electron chi connectivity index (χ4n) is 2.25. The summed E-state index contributed by atoms with van der Waals surface area (Å²) in [6, 6.07) is 12.5. The maximum Gasteiger partial charge on any atom is 0.407 e. The predicted molar refractivity (Wildman–Crippen MR) is 94.4 cm³/mol. The van der Waals surface area contributed by atoms with Gasteiger partial charge in [0.25, 0.3) is 0 Å². The molecule has 0 saturated carbocycles. The Bertz CT molecular complexity index is 790. The van der Waals surface area contributed by atoms with E-state index in [0.29, 0.717) is 5.56 Å². The number of rotatable bonds is 7. The van der Waals surface area contributed by atoms with Gasteiger partial charge in [-0.25, -0.2) is 9.18 Å². The summed E-state index contributed by atoms with van der Waals surface area (Å²) in [5, 5.41) is 6.32. The van der Waals surface area contributed by atoms with Crippen LogP contribution in [0.15, 0.2) is 53.7 Å². The molecule has 0 radical (unpaired) electrons. The Morgan fingerprint density at radius 1 is 1.19 bits per heavy atom. The zero-order chi connectivity index (χ0) is 18.9. The van der Waals surface area contributed by atoms with E-state index in [1.165, 1.54) is 31.4 Å². The van der Waals surface area contributed by atoms with Gasteiger partial charge in [-0.2, -0.15) is 0 Å². The van der Waals surface area contributed by atoms with Crippen molar-refractivity contribution in [3.63, 3.8) is 0 Å². The molecule has 136 valence electrons. The number of nitrogens with one attached hydrogen (secondary N) is 1. The lowest BCUT2D eigenvalue weighted by molar-refractivity contribution is 0.0716. The molecular weight excluding hydrogens is 339 g/mol. The SMILES string of the molecule is COC(=O)NCc1ccccc1C(C)O/N=C/C(=O)c1ccc(F)cc1. The summed E-state index contributed by atoms with van der Waals surface area (Å²) < 4.78 is 17.4. The second-order valence-electron chi connectivity index (χ2n) is 5.40. The topological polar surface area (TPSA) is 77.0 Å². The molecule has 1 unspecified atom stereocenters. The summed E-state index contributed by atoms with van der Waals surface area (Å²) in [6.45, 7) is 2.05. The minimum absolute atomic E-state index is 0.273. The molecular formula is C19H19FN2O4. The van der Waals surface area contributed by atoms with Gasteiger partial charge in [-0.1, -0.05) is 29.4 Å². The molecule has 0 aliphatic heterocycles. The van der Waals surface area contributed by atoms with E-state index in [2.05, 4.69) is 15.2 Å². The van der Waals surface area contributed by atoms with Crippen LogP contribution in [0.1, 0.15) is 34.5 Å². The zero-order valence-corrected chi connectivity index (χ0v) is 14.4. The van der Waals surface area contributed by atoms with E-state index in [4.69, 9.17) is 4.84 Å². The average Bonchev–Trinajstić information content (AvgIpc) is 2.66. The molecule has 0 spiro atoms. The molecule has 1 amide bonds. The van der Waals surface area contributed by atoms with Crippen molar-refractivity contribution < 1.29 is 23.6 Å². The number of alkyl carbamates (subject to hydrolysis) is 1. The van der Waals surface area contributed by atoms with Crippen LogP contribution < -0.4 is 5.32 Å². The van der Waals surface area contributed by atoms with Crippen molar-refractivity contribution in [1.82, 2.24) is 5.32 Å². The summed E-state index contributed by atoms with van der Waals surface area (Å²) in [5.41, 5.74) is 1.97. The van der Waals surface area contributed by atoms with Gasteiger partial charge in [-0.05, 0) is 42.3 Å². The molecule has 26 heavy (non-hydrogen) atoms. The van der Waals surface area contributed by atoms with Crippen LogP contribution in [-0.2, 0) is 16.1 Å². The second-order valence-corrected chi connectivity index (χ2v) is 5.40. The third kappa shape index (κ3) is 5.41. The first kappa shape index (κ1) is 19.1. The van der Waals surface area contributed by atoms with Crippen LogP contribution in [-0.4, -0.2) is 25.2 Å². The van der Waals surface area contributed by atoms with Gasteiger partial charge >= 0.3 is 6.09 Å². The lowest BCUT2D eigenvalue weighted by Gasteiger charge is -2.15. The molecule has 0 aliphatic carbocycles. The number of hydrogen-bond donors (Lipinski definition) is 1. The summed E-state index contributed by atoms with van der Waals surface area (Å²) in [6.07, 6.45) is 0.0678. The number of ketones is 1. The number of carbonyl (C=O) groups is 2. The second kappa shape index (κ2) is 9.31. The Balaban J connectivity index is 1.99. The molecule has 0 heterocycles. The largest absolute Gasteiger partial charge is 0.453 e. The predicted octanol–water partition coefficient (Wildman–Crippen LogP) is 3.63. The van der Waals surface area contributed by atoms with E-state index in [0.717, 1.165) is 17.3 Å². The van der Waals surface area contributed by atoms with Crippen LogP contribution in [0.5, 0.6) is 0 Å². The average molecular weight is 358 g/mol. The Hall–Kier alpha value is -3.22. The van der Waals surface area contributed by atoms with Crippen LogP contribution >= 0.6 is 0 Å². The van der Waals surface area contributed by atoms with Crippen molar-refractivity contribution in [2.24, 2.45) is 5.16 Å². The molecule has 0 bridgehead atoms. The molecule has 0 aromatic heterocycles. The van der Waals surface area contributed by atoms with Crippen molar-refractivity contribution in [2.45, 2.75) is 19.6 Å². The van der Waals surface area contributed by atoms with Crippen LogP contribution in [0.3, 0.4) is 0 Å². The lowest BCUT2D eigenvalue weighted by Crippen LogP contribution is -2.23. The van der Waals surface area contributed by atoms with Crippen molar-refractivity contribution in [3.05, 3.63) is 71.0 Å². The van der Waals surface area contributed by atoms with Crippen molar-refractivity contribution in [1.29, 1.82) is 0 Å². The van der Waals surface area contributed by atoms with Gasteiger partial charge < -0.3 is 14.9 Å². The lowest BCUT2D eigenvalue weighted by atomic mass is 10.0. The summed E-state index contributed by atoms with van der Waals surface area (Å²) in [5.74, 6) is -0.807. The summed E-state index contributed by atoms with van der Waals surface area (Å²) in [4.78, 5) is 28.5. The van der Waals surface area contributed by atoms with Gasteiger partial charge in [0.2, 0.25) is 5.78 Å². The standard InChI is InChI=1S/C19H19FN2O4/c1-13(17-6-4-3-5-15(17)11-21-19(24)25-2)26-22-12-18(23)14-7-9-16(20)10-8-14/h3-10,12-13H,11H2,1-2H3,(H,21,24)/b22-12+. The first-order chi connectivity index (χ1) is 12.5. The summed E-state index contributed by atoms with van der Waals surface area (Å²) >= 11 is 0. The summed E-state index contributed by atoms with van der Waals surface area (Å²) in [7, 11) is 1.29. The molecule has 2 aromatic rings. The number of Topliss-reactive ketones (excluding diaryl/α,β-unsaturated/α-hetero) is 1. The van der Waals surface area contributed by atoms with E-state index in [9.17, 15) is 14.0 Å². The minimum Gasteiger partial charge on any atom is -0.453 e. The van der Waals surface area contributed by atoms with Gasteiger partial charge in [0, 0.05) is 12.1 Å². The van der Waals surface area contributed by atoms with Gasteiger partial charge in [-0.3, -0.25) is 4.79 Å². The highest BCUT2D eigenvalue weighted by Gasteiger charge is 2.12. The molecule has 1 N–H and O–H groups in total. The highest BCUT2D eigenvalue weighted by Crippen LogP contribution is 2.21. The van der Waals surface area contributed by atoms with E-state index in [-0.39, 0.29) is 6.54 Å². The molecule has 2 rings (SSSR count). The van der Waals surface area contributed by atoms with E-state index in [1.54, 1.807) is 6.92 Å². The number of oxime groups is 1. The fourth-order valence-corrected chi connectivity index (χ4v) is 2.25. The zero-order valence-electron chi connectivity index (χ0n) is 14.4. The number of carbonyl (C=O) groups excluding carboxylic acids is 2. The number of hydrogen-bond acceptors (Lipinski definition) is 5. The third-order valence-corrected chi connectivity index (χ3v) is 3.62. The highest BCUT2D eigenvalue weighted by molar-refractivity contribution is 6.35. The number of benzene rings is 2. The van der Waals surface area contributed by atoms with Crippen molar-refractivity contribution in [2.75, 3.05) is 7.11 Å². The molecule has 7 heteroatoms.